The quantitative estimate of drug-likeness (QED) is 0.536. The van der Waals surface area contributed by atoms with Gasteiger partial charge in [0.15, 0.2) is 11.7 Å². The summed E-state index contributed by atoms with van der Waals surface area (Å²) in [6, 6.07) is 7.47. The van der Waals surface area contributed by atoms with Crippen molar-refractivity contribution in [2.24, 2.45) is 5.73 Å². The van der Waals surface area contributed by atoms with Crippen LogP contribution in [0.4, 0.5) is 4.39 Å². The Hall–Kier alpha value is -1.89. The highest BCUT2D eigenvalue weighted by Crippen LogP contribution is 2.07. The molecule has 0 aromatic heterocycles. The smallest absolute Gasteiger partial charge is 0.261 e. The number of hydrogen-bond acceptors (Lipinski definition) is 3. The van der Waals surface area contributed by atoms with Crippen LogP contribution in [-0.4, -0.2) is 14.3 Å². The van der Waals surface area contributed by atoms with Crippen molar-refractivity contribution >= 4 is 15.9 Å². The Kier molecular flexibility index (Phi) is 3.62. The van der Waals surface area contributed by atoms with Gasteiger partial charge >= 0.3 is 0 Å². The number of benzene rings is 1. The van der Waals surface area contributed by atoms with Crippen molar-refractivity contribution in [3.05, 3.63) is 42.4 Å². The van der Waals surface area contributed by atoms with Crippen molar-refractivity contribution in [3.63, 3.8) is 0 Å². The fourth-order valence-corrected chi connectivity index (χ4v) is 1.78. The summed E-state index contributed by atoms with van der Waals surface area (Å²) in [5.74, 6) is -1.98. The standard InChI is InChI=1S/C9H10FN3O2S/c10-8(9(11)12)6-13-16(14,15)7-4-2-1-3-5-7/h1-6,13H,(H3,11,12)/b8-6+. The van der Waals surface area contributed by atoms with Crippen molar-refractivity contribution in [1.82, 2.24) is 4.72 Å². The molecule has 0 amide bonds. The minimum Gasteiger partial charge on any atom is -0.382 e. The maximum Gasteiger partial charge on any atom is 0.261 e. The summed E-state index contributed by atoms with van der Waals surface area (Å²) in [6.45, 7) is 0. The van der Waals surface area contributed by atoms with E-state index in [2.05, 4.69) is 0 Å². The first kappa shape index (κ1) is 12.2. The summed E-state index contributed by atoms with van der Waals surface area (Å²) in [7, 11) is -3.81. The second-order valence-corrected chi connectivity index (χ2v) is 4.55. The van der Waals surface area contributed by atoms with E-state index in [1.807, 2.05) is 4.72 Å². The fraction of sp³-hybridized carbons (Fsp3) is 0. The van der Waals surface area contributed by atoms with E-state index in [1.165, 1.54) is 12.1 Å². The zero-order valence-corrected chi connectivity index (χ0v) is 8.96. The normalized spacial score (nSPS) is 12.2. The van der Waals surface area contributed by atoms with Crippen LogP contribution < -0.4 is 10.5 Å². The number of halogens is 1. The minimum atomic E-state index is -3.81. The van der Waals surface area contributed by atoms with Crippen LogP contribution in [0, 0.1) is 5.41 Å². The Morgan fingerprint density at radius 2 is 1.94 bits per heavy atom. The number of amidine groups is 1. The predicted octanol–water partition coefficient (Wildman–Crippen LogP) is 0.712. The molecule has 86 valence electrons. The largest absolute Gasteiger partial charge is 0.382 e. The summed E-state index contributed by atoms with van der Waals surface area (Å²) >= 11 is 0. The van der Waals surface area contributed by atoms with Gasteiger partial charge in [0.05, 0.1) is 11.1 Å². The molecule has 1 aromatic rings. The first-order valence-electron chi connectivity index (χ1n) is 4.21. The van der Waals surface area contributed by atoms with Crippen molar-refractivity contribution in [2.75, 3.05) is 0 Å². The number of sulfonamides is 1. The van der Waals surface area contributed by atoms with Gasteiger partial charge in [-0.1, -0.05) is 18.2 Å². The molecule has 0 spiro atoms. The molecule has 0 aliphatic carbocycles. The summed E-state index contributed by atoms with van der Waals surface area (Å²) in [5.41, 5.74) is 4.81. The Morgan fingerprint density at radius 1 is 1.38 bits per heavy atom. The number of rotatable bonds is 4. The van der Waals surface area contributed by atoms with Crippen LogP contribution in [0.3, 0.4) is 0 Å². The zero-order valence-electron chi connectivity index (χ0n) is 8.14. The van der Waals surface area contributed by atoms with E-state index in [0.29, 0.717) is 6.20 Å². The Morgan fingerprint density at radius 3 is 2.44 bits per heavy atom. The highest BCUT2D eigenvalue weighted by atomic mass is 32.2. The van der Waals surface area contributed by atoms with E-state index in [0.717, 1.165) is 0 Å². The molecular weight excluding hydrogens is 233 g/mol. The SMILES string of the molecule is N=C(N)/C(F)=C\NS(=O)(=O)c1ccccc1. The average Bonchev–Trinajstić information content (AvgIpc) is 2.27. The van der Waals surface area contributed by atoms with Gasteiger partial charge in [0.1, 0.15) is 0 Å². The number of nitrogens with two attached hydrogens (primary N) is 1. The van der Waals surface area contributed by atoms with Crippen LogP contribution in [-0.2, 0) is 10.0 Å². The molecule has 0 aliphatic rings. The molecule has 0 saturated heterocycles. The molecule has 0 aliphatic heterocycles. The van der Waals surface area contributed by atoms with Gasteiger partial charge in [-0.3, -0.25) is 10.1 Å². The van der Waals surface area contributed by atoms with Gasteiger partial charge in [-0.15, -0.1) is 0 Å². The molecule has 5 nitrogen and oxygen atoms in total. The predicted molar refractivity (Wildman–Crippen MR) is 57.9 cm³/mol. The summed E-state index contributed by atoms with van der Waals surface area (Å²) < 4.78 is 37.7. The van der Waals surface area contributed by atoms with Gasteiger partial charge in [0.25, 0.3) is 10.0 Å². The van der Waals surface area contributed by atoms with Crippen LogP contribution in [0.5, 0.6) is 0 Å². The number of hydrogen-bond donors (Lipinski definition) is 3. The van der Waals surface area contributed by atoms with Crippen LogP contribution in [0.2, 0.25) is 0 Å². The van der Waals surface area contributed by atoms with Gasteiger partial charge in [-0.05, 0) is 12.1 Å². The van der Waals surface area contributed by atoms with Gasteiger partial charge in [-0.2, -0.15) is 0 Å². The lowest BCUT2D eigenvalue weighted by Gasteiger charge is -2.03. The third kappa shape index (κ3) is 3.06. The molecule has 0 fully saturated rings. The van der Waals surface area contributed by atoms with Crippen molar-refractivity contribution in [3.8, 4) is 0 Å². The monoisotopic (exact) mass is 243 g/mol. The van der Waals surface area contributed by atoms with Gasteiger partial charge in [0.2, 0.25) is 0 Å². The fourth-order valence-electron chi connectivity index (χ4n) is 0.875. The molecule has 16 heavy (non-hydrogen) atoms. The first-order valence-corrected chi connectivity index (χ1v) is 5.69. The lowest BCUT2D eigenvalue weighted by Crippen LogP contribution is -2.20. The molecule has 0 bridgehead atoms. The maximum atomic E-state index is 12.8. The van der Waals surface area contributed by atoms with Crippen LogP contribution in [0.15, 0.2) is 47.3 Å². The van der Waals surface area contributed by atoms with E-state index < -0.39 is 21.7 Å². The molecule has 0 unspecified atom stereocenters. The molecular formula is C9H10FN3O2S. The highest BCUT2D eigenvalue weighted by Gasteiger charge is 2.11. The third-order valence-electron chi connectivity index (χ3n) is 1.65. The van der Waals surface area contributed by atoms with Crippen LogP contribution in [0.1, 0.15) is 0 Å². The van der Waals surface area contributed by atoms with Gasteiger partial charge < -0.3 is 5.73 Å². The Balaban J connectivity index is 2.90. The van der Waals surface area contributed by atoms with Crippen LogP contribution in [0.25, 0.3) is 0 Å². The van der Waals surface area contributed by atoms with E-state index in [1.54, 1.807) is 18.2 Å². The molecule has 1 aromatic carbocycles. The summed E-state index contributed by atoms with van der Waals surface area (Å²) in [4.78, 5) is 0.00241. The first-order chi connectivity index (χ1) is 7.43. The lowest BCUT2D eigenvalue weighted by atomic mass is 10.4. The zero-order chi connectivity index (χ0) is 12.2. The average molecular weight is 243 g/mol. The molecule has 7 heteroatoms. The molecule has 1 rings (SSSR count). The van der Waals surface area contributed by atoms with Crippen molar-refractivity contribution in [1.29, 1.82) is 5.41 Å². The van der Waals surface area contributed by atoms with E-state index in [9.17, 15) is 12.8 Å². The van der Waals surface area contributed by atoms with Gasteiger partial charge in [0, 0.05) is 0 Å². The second kappa shape index (κ2) is 4.75. The van der Waals surface area contributed by atoms with Crippen molar-refractivity contribution < 1.29 is 12.8 Å². The molecule has 0 radical (unpaired) electrons. The Labute approximate surface area is 92.3 Å². The lowest BCUT2D eigenvalue weighted by molar-refractivity contribution is 0.588. The number of nitrogens with one attached hydrogen (secondary N) is 2. The third-order valence-corrected chi connectivity index (χ3v) is 2.97. The van der Waals surface area contributed by atoms with E-state index in [4.69, 9.17) is 11.1 Å². The minimum absolute atomic E-state index is 0.00241. The van der Waals surface area contributed by atoms with Crippen LogP contribution >= 0.6 is 0 Å². The maximum absolute atomic E-state index is 12.8. The summed E-state index contributed by atoms with van der Waals surface area (Å²) in [6.07, 6.45) is 0.532. The Bertz CT molecular complexity index is 511. The second-order valence-electron chi connectivity index (χ2n) is 2.84. The molecule has 0 atom stereocenters. The molecule has 0 saturated carbocycles. The van der Waals surface area contributed by atoms with E-state index >= 15 is 0 Å². The van der Waals surface area contributed by atoms with Gasteiger partial charge in [-0.25, -0.2) is 12.8 Å². The highest BCUT2D eigenvalue weighted by molar-refractivity contribution is 7.89. The molecule has 4 N–H and O–H groups in total. The summed E-state index contributed by atoms with van der Waals surface area (Å²) in [5, 5.41) is 6.71. The molecule has 0 heterocycles. The van der Waals surface area contributed by atoms with E-state index in [-0.39, 0.29) is 4.90 Å². The van der Waals surface area contributed by atoms with Crippen molar-refractivity contribution in [2.45, 2.75) is 4.90 Å². The topological polar surface area (TPSA) is 96.0 Å².